The van der Waals surface area contributed by atoms with E-state index in [0.717, 1.165) is 6.26 Å². The molecule has 0 saturated heterocycles. The second kappa shape index (κ2) is 9.46. The molecule has 0 aromatic heterocycles. The van der Waals surface area contributed by atoms with E-state index in [1.54, 1.807) is 0 Å². The Balaban J connectivity index is 2.56. The molecule has 0 fully saturated rings. The molecule has 2 aromatic rings. The van der Waals surface area contributed by atoms with Gasteiger partial charge < -0.3 is 10.0 Å². The fourth-order valence-corrected chi connectivity index (χ4v) is 3.49. The van der Waals surface area contributed by atoms with E-state index in [-0.39, 0.29) is 18.6 Å². The summed E-state index contributed by atoms with van der Waals surface area (Å²) in [7, 11) is 0.0567. The number of benzene rings is 2. The van der Waals surface area contributed by atoms with Crippen LogP contribution in [0.5, 0.6) is 0 Å². The molecular weight excluding hydrogens is 395 g/mol. The fraction of sp³-hybridized carbons (Fsp3) is 0.381. The molecule has 8 heteroatoms. The van der Waals surface area contributed by atoms with Crippen molar-refractivity contribution in [2.45, 2.75) is 25.0 Å². The van der Waals surface area contributed by atoms with Gasteiger partial charge in [-0.15, -0.1) is 0 Å². The standard InChI is InChI=1S/C21H24FN2O4S/c1-24(2)12-4-11-21(25,18-6-8-19(22)9-7-18)20-10-5-16(14-23)13-17(20)15-28-29(3,26)27/h5-10,13H,4,11-12,15H2,1-3H3/q-1/t21-/m0/s1. The molecule has 0 aliphatic carbocycles. The van der Waals surface area contributed by atoms with Crippen LogP contribution in [-0.2, 0) is 26.5 Å². The van der Waals surface area contributed by atoms with Crippen LogP contribution in [0.25, 0.3) is 0 Å². The summed E-state index contributed by atoms with van der Waals surface area (Å²) in [5.74, 6) is -0.454. The topological polar surface area (TPSA) is 93.5 Å². The average molecular weight is 419 g/mol. The Morgan fingerprint density at radius 3 is 2.41 bits per heavy atom. The van der Waals surface area contributed by atoms with Crippen LogP contribution in [0.1, 0.15) is 35.1 Å². The zero-order valence-corrected chi connectivity index (χ0v) is 17.5. The van der Waals surface area contributed by atoms with Crippen LogP contribution in [0, 0.1) is 17.1 Å². The second-order valence-corrected chi connectivity index (χ2v) is 8.83. The molecule has 0 N–H and O–H groups in total. The number of rotatable bonds is 9. The maximum atomic E-state index is 14.1. The molecule has 0 unspecified atom stereocenters. The van der Waals surface area contributed by atoms with Gasteiger partial charge in [0.05, 0.1) is 24.5 Å². The summed E-state index contributed by atoms with van der Waals surface area (Å²) in [6, 6.07) is 11.8. The number of hydrogen-bond donors (Lipinski definition) is 0. The van der Waals surface area contributed by atoms with E-state index in [4.69, 9.17) is 4.18 Å². The minimum atomic E-state index is -3.74. The number of nitriles is 1. The van der Waals surface area contributed by atoms with Gasteiger partial charge in [-0.3, -0.25) is 4.18 Å². The van der Waals surface area contributed by atoms with Crippen LogP contribution in [-0.4, -0.2) is 40.2 Å². The van der Waals surface area contributed by atoms with E-state index < -0.39 is 21.5 Å². The average Bonchev–Trinajstić information content (AvgIpc) is 2.65. The number of hydrogen-bond acceptors (Lipinski definition) is 6. The van der Waals surface area contributed by atoms with Crippen molar-refractivity contribution < 1.29 is 22.1 Å². The summed E-state index contributed by atoms with van der Waals surface area (Å²) in [6.07, 6.45) is 1.69. The highest BCUT2D eigenvalue weighted by Crippen LogP contribution is 2.34. The van der Waals surface area contributed by atoms with Crippen molar-refractivity contribution in [1.29, 1.82) is 5.26 Å². The van der Waals surface area contributed by atoms with Crippen molar-refractivity contribution in [3.63, 3.8) is 0 Å². The third-order valence-corrected chi connectivity index (χ3v) is 5.09. The van der Waals surface area contributed by atoms with Crippen LogP contribution in [0.3, 0.4) is 0 Å². The first-order valence-corrected chi connectivity index (χ1v) is 10.9. The Morgan fingerprint density at radius 1 is 1.21 bits per heavy atom. The molecule has 0 radical (unpaired) electrons. The van der Waals surface area contributed by atoms with E-state index in [2.05, 4.69) is 0 Å². The highest BCUT2D eigenvalue weighted by atomic mass is 32.2. The minimum absolute atomic E-state index is 0.203. The summed E-state index contributed by atoms with van der Waals surface area (Å²) in [4.78, 5) is 1.96. The van der Waals surface area contributed by atoms with Gasteiger partial charge in [-0.1, -0.05) is 35.8 Å². The van der Waals surface area contributed by atoms with Crippen LogP contribution < -0.4 is 5.11 Å². The van der Waals surface area contributed by atoms with Gasteiger partial charge in [-0.25, -0.2) is 4.39 Å². The molecular formula is C21H24FN2O4S-. The molecule has 29 heavy (non-hydrogen) atoms. The summed E-state index contributed by atoms with van der Waals surface area (Å²) in [5.41, 5.74) is -0.476. The van der Waals surface area contributed by atoms with Crippen LogP contribution >= 0.6 is 0 Å². The Morgan fingerprint density at radius 2 is 1.86 bits per heavy atom. The minimum Gasteiger partial charge on any atom is -0.843 e. The smallest absolute Gasteiger partial charge is 0.264 e. The first kappa shape index (κ1) is 23.0. The van der Waals surface area contributed by atoms with Gasteiger partial charge in [0.2, 0.25) is 0 Å². The van der Waals surface area contributed by atoms with E-state index in [9.17, 15) is 23.2 Å². The zero-order valence-electron chi connectivity index (χ0n) is 16.7. The molecule has 1 atom stereocenters. The summed E-state index contributed by atoms with van der Waals surface area (Å²) >= 11 is 0. The SMILES string of the molecule is CN(C)CCC[C@]([O-])(c1ccc(F)cc1)c1ccc(C#N)cc1COS(C)(=O)=O. The van der Waals surface area contributed by atoms with Crippen LogP contribution in [0.15, 0.2) is 42.5 Å². The highest BCUT2D eigenvalue weighted by molar-refractivity contribution is 7.85. The van der Waals surface area contributed by atoms with Crippen LogP contribution in [0.4, 0.5) is 4.39 Å². The summed E-state index contributed by atoms with van der Waals surface area (Å²) in [6.45, 7) is 0.319. The highest BCUT2D eigenvalue weighted by Gasteiger charge is 2.25. The Labute approximate surface area is 171 Å². The summed E-state index contributed by atoms with van der Waals surface area (Å²) in [5, 5.41) is 23.3. The molecule has 0 aliphatic rings. The van der Waals surface area contributed by atoms with Crippen LogP contribution in [0.2, 0.25) is 0 Å². The molecule has 0 bridgehead atoms. The van der Waals surface area contributed by atoms with Gasteiger partial charge in [-0.2, -0.15) is 13.7 Å². The van der Waals surface area contributed by atoms with Gasteiger partial charge in [0.1, 0.15) is 5.82 Å². The van der Waals surface area contributed by atoms with Gasteiger partial charge in [-0.05, 0) is 62.5 Å². The lowest BCUT2D eigenvalue weighted by molar-refractivity contribution is -0.473. The van der Waals surface area contributed by atoms with E-state index in [1.807, 2.05) is 25.1 Å². The monoisotopic (exact) mass is 419 g/mol. The molecule has 0 heterocycles. The maximum absolute atomic E-state index is 14.1. The largest absolute Gasteiger partial charge is 0.843 e. The molecule has 0 spiro atoms. The molecule has 0 amide bonds. The van der Waals surface area contributed by atoms with Crippen molar-refractivity contribution >= 4 is 10.1 Å². The maximum Gasteiger partial charge on any atom is 0.264 e. The van der Waals surface area contributed by atoms with Crippen molar-refractivity contribution in [1.82, 2.24) is 4.90 Å². The molecule has 0 saturated carbocycles. The normalized spacial score (nSPS) is 13.8. The van der Waals surface area contributed by atoms with Crippen molar-refractivity contribution in [2.24, 2.45) is 0 Å². The Hall–Kier alpha value is -2.31. The lowest BCUT2D eigenvalue weighted by Crippen LogP contribution is -2.43. The molecule has 156 valence electrons. The number of nitrogens with zero attached hydrogens (tertiary/aromatic N) is 2. The van der Waals surface area contributed by atoms with Gasteiger partial charge in [0.25, 0.3) is 10.1 Å². The summed E-state index contributed by atoms with van der Waals surface area (Å²) < 4.78 is 41.3. The van der Waals surface area contributed by atoms with E-state index in [1.165, 1.54) is 42.5 Å². The van der Waals surface area contributed by atoms with E-state index >= 15 is 0 Å². The zero-order chi connectivity index (χ0) is 21.7. The molecule has 0 aliphatic heterocycles. The second-order valence-electron chi connectivity index (χ2n) is 7.19. The van der Waals surface area contributed by atoms with Gasteiger partial charge in [0.15, 0.2) is 0 Å². The molecule has 2 rings (SSSR count). The lowest BCUT2D eigenvalue weighted by Gasteiger charge is -2.43. The van der Waals surface area contributed by atoms with Crippen molar-refractivity contribution in [3.05, 3.63) is 70.5 Å². The molecule has 2 aromatic carbocycles. The quantitative estimate of drug-likeness (QED) is 0.578. The third kappa shape index (κ3) is 6.34. The van der Waals surface area contributed by atoms with Crippen molar-refractivity contribution in [3.8, 4) is 6.07 Å². The van der Waals surface area contributed by atoms with Gasteiger partial charge >= 0.3 is 0 Å². The predicted octanol–water partition coefficient (Wildman–Crippen LogP) is 2.12. The molecule has 6 nitrogen and oxygen atoms in total. The fourth-order valence-electron chi connectivity index (χ4n) is 3.15. The van der Waals surface area contributed by atoms with Gasteiger partial charge in [0, 0.05) is 0 Å². The lowest BCUT2D eigenvalue weighted by atomic mass is 9.80. The predicted molar refractivity (Wildman–Crippen MR) is 106 cm³/mol. The first-order chi connectivity index (χ1) is 13.5. The van der Waals surface area contributed by atoms with E-state index in [0.29, 0.717) is 29.7 Å². The van der Waals surface area contributed by atoms with Crippen molar-refractivity contribution in [2.75, 3.05) is 26.9 Å². The Bertz CT molecular complexity index is 985. The Kier molecular flexibility index (Phi) is 7.49. The first-order valence-electron chi connectivity index (χ1n) is 9.04. The number of halogens is 1. The third-order valence-electron chi connectivity index (χ3n) is 4.54.